The molecule has 2 aliphatic carbocycles. The highest BCUT2D eigenvalue weighted by molar-refractivity contribution is 7.83. The van der Waals surface area contributed by atoms with E-state index in [-0.39, 0.29) is 0 Å². The second-order valence-electron chi connectivity index (χ2n) is 8.35. The third-order valence-electron chi connectivity index (χ3n) is 5.96. The van der Waals surface area contributed by atoms with E-state index >= 15 is 0 Å². The van der Waals surface area contributed by atoms with Crippen molar-refractivity contribution in [2.75, 3.05) is 11.9 Å². The second-order valence-corrected chi connectivity index (χ2v) is 9.56. The van der Waals surface area contributed by atoms with E-state index in [1.54, 1.807) is 0 Å². The maximum atomic E-state index is 13.3. The van der Waals surface area contributed by atoms with Crippen LogP contribution in [0.3, 0.4) is 0 Å². The summed E-state index contributed by atoms with van der Waals surface area (Å²) in [5, 5.41) is 7.48. The maximum absolute atomic E-state index is 13.3. The molecule has 0 spiro atoms. The number of hydrogen-bond acceptors (Lipinski definition) is 5. The van der Waals surface area contributed by atoms with Crippen LogP contribution in [0.1, 0.15) is 50.0 Å². The van der Waals surface area contributed by atoms with Crippen molar-refractivity contribution in [1.29, 1.82) is 0 Å². The van der Waals surface area contributed by atoms with Crippen LogP contribution in [0.2, 0.25) is 0 Å². The molecule has 0 saturated heterocycles. The Labute approximate surface area is 172 Å². The number of aromatic nitrogens is 3. The Bertz CT molecular complexity index is 1040. The van der Waals surface area contributed by atoms with Gasteiger partial charge in [-0.15, -0.1) is 0 Å². The molecule has 1 unspecified atom stereocenters. The molecule has 1 aromatic carbocycles. The first-order valence-corrected chi connectivity index (χ1v) is 11.6. The van der Waals surface area contributed by atoms with Crippen molar-refractivity contribution >= 4 is 28.0 Å². The third kappa shape index (κ3) is 3.83. The van der Waals surface area contributed by atoms with Gasteiger partial charge in [-0.05, 0) is 63.1 Å². The van der Waals surface area contributed by atoms with Crippen molar-refractivity contribution < 1.29 is 8.73 Å². The van der Waals surface area contributed by atoms with Gasteiger partial charge in [0.1, 0.15) is 22.3 Å². The third-order valence-corrected chi connectivity index (χ3v) is 7.22. The van der Waals surface area contributed by atoms with E-state index < -0.39 is 11.0 Å². The lowest BCUT2D eigenvalue weighted by atomic mass is 10.0. The molecule has 3 aromatic rings. The Morgan fingerprint density at radius 2 is 2.00 bits per heavy atom. The van der Waals surface area contributed by atoms with Crippen LogP contribution >= 0.6 is 0 Å². The van der Waals surface area contributed by atoms with E-state index in [0.717, 1.165) is 64.9 Å². The van der Waals surface area contributed by atoms with E-state index in [2.05, 4.69) is 20.2 Å². The number of aromatic amines is 1. The Morgan fingerprint density at radius 3 is 2.69 bits per heavy atom. The van der Waals surface area contributed by atoms with Crippen molar-refractivity contribution in [3.05, 3.63) is 23.6 Å². The minimum atomic E-state index is -1.33. The topological polar surface area (TPSA) is 95.8 Å². The summed E-state index contributed by atoms with van der Waals surface area (Å²) < 4.78 is 22.0. The lowest BCUT2D eigenvalue weighted by molar-refractivity contribution is 0.393. The van der Waals surface area contributed by atoms with Crippen molar-refractivity contribution in [3.8, 4) is 11.1 Å². The van der Waals surface area contributed by atoms with Crippen molar-refractivity contribution in [2.45, 2.75) is 63.3 Å². The minimum absolute atomic E-state index is 0.306. The Hall–Kier alpha value is -2.19. The second kappa shape index (κ2) is 7.57. The summed E-state index contributed by atoms with van der Waals surface area (Å²) in [6.45, 7) is 4.76. The molecule has 8 heteroatoms. The standard InChI is InChI=1S/C21H27N5O2S/c1-12-19(13(2)28-25-12)15-9-17-20(24-21(23-17)22-11-14-7-8-14)18(10-15)29(27)26-16-5-3-4-6-16/h9-10,14,16,26H,3-8,11H2,1-2H3,(H2,22,23,24). The number of nitrogens with one attached hydrogen (secondary N) is 3. The van der Waals surface area contributed by atoms with Gasteiger partial charge in [0.2, 0.25) is 5.95 Å². The van der Waals surface area contributed by atoms with E-state index in [0.29, 0.717) is 10.9 Å². The number of fused-ring (bicyclic) bond motifs is 1. The normalized spacial score (nSPS) is 18.6. The minimum Gasteiger partial charge on any atom is -0.361 e. The van der Waals surface area contributed by atoms with Crippen molar-refractivity contribution in [3.63, 3.8) is 0 Å². The molecule has 2 aliphatic rings. The van der Waals surface area contributed by atoms with Gasteiger partial charge in [-0.3, -0.25) is 0 Å². The van der Waals surface area contributed by atoms with E-state index in [9.17, 15) is 4.21 Å². The van der Waals surface area contributed by atoms with Crippen molar-refractivity contribution in [1.82, 2.24) is 19.8 Å². The van der Waals surface area contributed by atoms with Gasteiger partial charge in [-0.1, -0.05) is 18.0 Å². The number of aryl methyl sites for hydroxylation is 2. The number of imidazole rings is 1. The fraction of sp³-hybridized carbons (Fsp3) is 0.524. The van der Waals surface area contributed by atoms with Gasteiger partial charge in [0.05, 0.1) is 16.1 Å². The SMILES string of the molecule is Cc1noc(C)c1-c1cc(S(=O)NC2CCCC2)c2nc(NCC3CC3)[nH]c2c1. The fourth-order valence-corrected chi connectivity index (χ4v) is 5.40. The van der Waals surface area contributed by atoms with Crippen LogP contribution in [0, 0.1) is 19.8 Å². The lowest BCUT2D eigenvalue weighted by Gasteiger charge is -2.12. The van der Waals surface area contributed by atoms with Gasteiger partial charge in [0.25, 0.3) is 0 Å². The monoisotopic (exact) mass is 413 g/mol. The first-order valence-electron chi connectivity index (χ1n) is 10.5. The first kappa shape index (κ1) is 18.8. The number of anilines is 1. The van der Waals surface area contributed by atoms with Crippen LogP contribution in [0.4, 0.5) is 5.95 Å². The summed E-state index contributed by atoms with van der Waals surface area (Å²) in [5.74, 6) is 2.24. The molecule has 0 radical (unpaired) electrons. The van der Waals surface area contributed by atoms with Crippen LogP contribution in [0.5, 0.6) is 0 Å². The number of rotatable bonds is 7. The highest BCUT2D eigenvalue weighted by Crippen LogP contribution is 2.34. The summed E-state index contributed by atoms with van der Waals surface area (Å²) in [4.78, 5) is 8.82. The Kier molecular flexibility index (Phi) is 4.91. The zero-order chi connectivity index (χ0) is 20.0. The molecule has 7 nitrogen and oxygen atoms in total. The Balaban J connectivity index is 1.55. The van der Waals surface area contributed by atoms with Gasteiger partial charge in [-0.25, -0.2) is 13.9 Å². The summed E-state index contributed by atoms with van der Waals surface area (Å²) >= 11 is 0. The fourth-order valence-electron chi connectivity index (χ4n) is 4.17. The molecule has 0 aliphatic heterocycles. The average Bonchev–Trinajstić information content (AvgIpc) is 3.06. The molecule has 3 N–H and O–H groups in total. The summed E-state index contributed by atoms with van der Waals surface area (Å²) in [6, 6.07) is 4.33. The van der Waals surface area contributed by atoms with Gasteiger partial charge in [-0.2, -0.15) is 0 Å². The quantitative estimate of drug-likeness (QED) is 0.539. The predicted octanol–water partition coefficient (Wildman–Crippen LogP) is 4.21. The molecule has 5 rings (SSSR count). The molecule has 2 heterocycles. The van der Waals surface area contributed by atoms with Gasteiger partial charge in [0, 0.05) is 18.2 Å². The summed E-state index contributed by atoms with van der Waals surface area (Å²) in [5.41, 5.74) is 4.35. The largest absolute Gasteiger partial charge is 0.361 e. The van der Waals surface area contributed by atoms with Crippen LogP contribution < -0.4 is 10.0 Å². The van der Waals surface area contributed by atoms with Gasteiger partial charge < -0.3 is 14.8 Å². The van der Waals surface area contributed by atoms with Crippen LogP contribution in [0.15, 0.2) is 21.6 Å². The summed E-state index contributed by atoms with van der Waals surface area (Å²) in [6.07, 6.45) is 7.11. The number of H-pyrrole nitrogens is 1. The zero-order valence-corrected chi connectivity index (χ0v) is 17.7. The maximum Gasteiger partial charge on any atom is 0.201 e. The molecule has 29 heavy (non-hydrogen) atoms. The van der Waals surface area contributed by atoms with Crippen LogP contribution in [-0.4, -0.2) is 31.9 Å². The average molecular weight is 414 g/mol. The Morgan fingerprint density at radius 1 is 1.21 bits per heavy atom. The molecule has 0 amide bonds. The molecule has 154 valence electrons. The highest BCUT2D eigenvalue weighted by atomic mass is 32.2. The number of benzene rings is 1. The van der Waals surface area contributed by atoms with E-state index in [1.165, 1.54) is 25.7 Å². The molecule has 2 fully saturated rings. The highest BCUT2D eigenvalue weighted by Gasteiger charge is 2.24. The van der Waals surface area contributed by atoms with Crippen molar-refractivity contribution in [2.24, 2.45) is 5.92 Å². The van der Waals surface area contributed by atoms with Crippen LogP contribution in [0.25, 0.3) is 22.2 Å². The van der Waals surface area contributed by atoms with Gasteiger partial charge in [0.15, 0.2) is 0 Å². The van der Waals surface area contributed by atoms with E-state index in [4.69, 9.17) is 9.51 Å². The van der Waals surface area contributed by atoms with E-state index in [1.807, 2.05) is 26.0 Å². The number of hydrogen-bond donors (Lipinski definition) is 3. The zero-order valence-electron chi connectivity index (χ0n) is 16.9. The molecular weight excluding hydrogens is 386 g/mol. The molecule has 2 aromatic heterocycles. The molecule has 2 saturated carbocycles. The smallest absolute Gasteiger partial charge is 0.201 e. The van der Waals surface area contributed by atoms with Gasteiger partial charge >= 0.3 is 0 Å². The molecule has 0 bridgehead atoms. The number of nitrogens with zero attached hydrogens (tertiary/aromatic N) is 2. The first-order chi connectivity index (χ1) is 14.1. The molecular formula is C21H27N5O2S. The molecule has 1 atom stereocenters. The summed E-state index contributed by atoms with van der Waals surface area (Å²) in [7, 11) is -1.33. The predicted molar refractivity (Wildman–Crippen MR) is 114 cm³/mol. The lowest BCUT2D eigenvalue weighted by Crippen LogP contribution is -2.28. The van der Waals surface area contributed by atoms with Crippen LogP contribution in [-0.2, 0) is 11.0 Å².